The number of carbonyl (C=O) groups is 2. The Morgan fingerprint density at radius 2 is 2.33 bits per heavy atom. The Hall–Kier alpha value is -1.27. The van der Waals surface area contributed by atoms with Crippen molar-refractivity contribution in [2.45, 2.75) is 11.8 Å². The number of benzene rings is 1. The zero-order valence-electron chi connectivity index (χ0n) is 9.23. The molecule has 0 radical (unpaired) electrons. The lowest BCUT2D eigenvalue weighted by molar-refractivity contribution is -0.139. The van der Waals surface area contributed by atoms with E-state index < -0.39 is 17.8 Å². The van der Waals surface area contributed by atoms with Crippen LogP contribution in [0, 0.1) is 5.82 Å². The molecule has 1 atom stereocenters. The van der Waals surface area contributed by atoms with Gasteiger partial charge >= 0.3 is 5.97 Å². The summed E-state index contributed by atoms with van der Waals surface area (Å²) in [4.78, 5) is 20.9. The molecule has 1 aromatic carbocycles. The van der Waals surface area contributed by atoms with Crippen LogP contribution in [0.3, 0.4) is 0 Å². The Bertz CT molecular complexity index is 444. The van der Waals surface area contributed by atoms with Crippen LogP contribution in [0.25, 0.3) is 0 Å². The third-order valence-electron chi connectivity index (χ3n) is 2.12. The van der Waals surface area contributed by atoms with Gasteiger partial charge in [0.2, 0.25) is 6.41 Å². The van der Waals surface area contributed by atoms with Gasteiger partial charge < -0.3 is 10.4 Å². The molecule has 4 nitrogen and oxygen atoms in total. The maximum Gasteiger partial charge on any atom is 0.327 e. The largest absolute Gasteiger partial charge is 0.480 e. The first-order chi connectivity index (χ1) is 8.54. The van der Waals surface area contributed by atoms with Crippen molar-refractivity contribution in [2.75, 3.05) is 5.75 Å². The van der Waals surface area contributed by atoms with Crippen molar-refractivity contribution in [3.63, 3.8) is 0 Å². The number of thioether (sulfide) groups is 1. The molecule has 1 aromatic rings. The lowest BCUT2D eigenvalue weighted by Crippen LogP contribution is -2.37. The van der Waals surface area contributed by atoms with Crippen LogP contribution in [0.2, 0.25) is 5.02 Å². The average Bonchev–Trinajstić information content (AvgIpc) is 2.32. The summed E-state index contributed by atoms with van der Waals surface area (Å²) in [6.07, 6.45) is 0.342. The second-order valence-corrected chi connectivity index (χ2v) is 4.86. The molecule has 0 heterocycles. The van der Waals surface area contributed by atoms with E-state index in [1.54, 1.807) is 0 Å². The summed E-state index contributed by atoms with van der Waals surface area (Å²) >= 11 is 7.12. The number of rotatable bonds is 7. The number of hydrogen-bond acceptors (Lipinski definition) is 3. The molecule has 0 spiro atoms. The van der Waals surface area contributed by atoms with Crippen molar-refractivity contribution in [3.05, 3.63) is 34.6 Å². The first-order valence-electron chi connectivity index (χ1n) is 4.98. The average molecular weight is 292 g/mol. The number of carboxylic acid groups (broad SMARTS) is 1. The minimum atomic E-state index is -1.11. The van der Waals surface area contributed by atoms with Gasteiger partial charge in [-0.1, -0.05) is 11.6 Å². The lowest BCUT2D eigenvalue weighted by atomic mass is 10.2. The molecule has 1 unspecified atom stereocenters. The van der Waals surface area contributed by atoms with Crippen LogP contribution >= 0.6 is 23.4 Å². The molecule has 18 heavy (non-hydrogen) atoms. The number of carbonyl (C=O) groups excluding carboxylic acids is 1. The Kier molecular flexibility index (Phi) is 5.94. The van der Waals surface area contributed by atoms with Gasteiger partial charge in [0.15, 0.2) is 0 Å². The molecule has 0 aliphatic carbocycles. The fourth-order valence-electron chi connectivity index (χ4n) is 1.21. The first-order valence-corrected chi connectivity index (χ1v) is 6.52. The van der Waals surface area contributed by atoms with Crippen LogP contribution in [0.1, 0.15) is 5.56 Å². The van der Waals surface area contributed by atoms with Gasteiger partial charge in [0.25, 0.3) is 0 Å². The zero-order valence-corrected chi connectivity index (χ0v) is 10.8. The summed E-state index contributed by atoms with van der Waals surface area (Å²) in [7, 11) is 0. The minimum Gasteiger partial charge on any atom is -0.480 e. The fourth-order valence-corrected chi connectivity index (χ4v) is 2.53. The Balaban J connectivity index is 2.52. The zero-order chi connectivity index (χ0) is 13.5. The van der Waals surface area contributed by atoms with E-state index in [9.17, 15) is 14.0 Å². The normalized spacial score (nSPS) is 11.9. The maximum absolute atomic E-state index is 13.0. The monoisotopic (exact) mass is 291 g/mol. The van der Waals surface area contributed by atoms with Crippen molar-refractivity contribution in [2.24, 2.45) is 0 Å². The van der Waals surface area contributed by atoms with Crippen molar-refractivity contribution >= 4 is 35.7 Å². The molecule has 0 saturated heterocycles. The predicted octanol–water partition coefficient (Wildman–Crippen LogP) is 1.91. The molecular weight excluding hydrogens is 281 g/mol. The number of nitrogens with one attached hydrogen (secondary N) is 1. The van der Waals surface area contributed by atoms with Gasteiger partial charge in [-0.25, -0.2) is 9.18 Å². The molecule has 1 amide bonds. The highest BCUT2D eigenvalue weighted by Crippen LogP contribution is 2.22. The van der Waals surface area contributed by atoms with Crippen LogP contribution in [0.5, 0.6) is 0 Å². The summed E-state index contributed by atoms with van der Waals surface area (Å²) in [6, 6.07) is 3.05. The van der Waals surface area contributed by atoms with E-state index in [2.05, 4.69) is 5.32 Å². The van der Waals surface area contributed by atoms with E-state index in [-0.39, 0.29) is 5.75 Å². The second kappa shape index (κ2) is 7.23. The number of amides is 1. The molecule has 0 aromatic heterocycles. The minimum absolute atomic E-state index is 0.181. The van der Waals surface area contributed by atoms with Crippen molar-refractivity contribution in [1.29, 1.82) is 0 Å². The summed E-state index contributed by atoms with van der Waals surface area (Å²) in [6.45, 7) is 0. The standard InChI is InChI=1S/C11H11ClFNO3S/c12-9-2-1-8(13)3-7(9)4-18-5-10(11(16)17)14-6-15/h1-3,6,10H,4-5H2,(H,14,15)(H,16,17). The van der Waals surface area contributed by atoms with Gasteiger partial charge in [0.05, 0.1) is 0 Å². The highest BCUT2D eigenvalue weighted by atomic mass is 35.5. The Morgan fingerprint density at radius 1 is 1.61 bits per heavy atom. The summed E-state index contributed by atoms with van der Waals surface area (Å²) in [5, 5.41) is 11.4. The van der Waals surface area contributed by atoms with E-state index in [1.807, 2.05) is 0 Å². The van der Waals surface area contributed by atoms with Gasteiger partial charge in [-0.2, -0.15) is 11.8 Å². The molecule has 98 valence electrons. The summed E-state index contributed by atoms with van der Waals surface area (Å²) < 4.78 is 13.0. The van der Waals surface area contributed by atoms with Crippen LogP contribution in [-0.4, -0.2) is 29.3 Å². The topological polar surface area (TPSA) is 66.4 Å². The smallest absolute Gasteiger partial charge is 0.327 e. The van der Waals surface area contributed by atoms with E-state index in [1.165, 1.54) is 30.0 Å². The number of hydrogen-bond donors (Lipinski definition) is 2. The molecule has 7 heteroatoms. The van der Waals surface area contributed by atoms with Crippen molar-refractivity contribution < 1.29 is 19.1 Å². The molecule has 0 fully saturated rings. The molecule has 0 aliphatic rings. The summed E-state index contributed by atoms with van der Waals surface area (Å²) in [5.74, 6) is -0.947. The van der Waals surface area contributed by atoms with Crippen LogP contribution in [-0.2, 0) is 15.3 Å². The van der Waals surface area contributed by atoms with E-state index in [0.29, 0.717) is 22.7 Å². The van der Waals surface area contributed by atoms with Crippen LogP contribution < -0.4 is 5.32 Å². The molecular formula is C11H11ClFNO3S. The van der Waals surface area contributed by atoms with Gasteiger partial charge in [0.1, 0.15) is 11.9 Å². The van der Waals surface area contributed by atoms with Crippen LogP contribution in [0.15, 0.2) is 18.2 Å². The molecule has 2 N–H and O–H groups in total. The van der Waals surface area contributed by atoms with Gasteiger partial charge in [-0.05, 0) is 23.8 Å². The van der Waals surface area contributed by atoms with Gasteiger partial charge in [-0.3, -0.25) is 4.79 Å². The predicted molar refractivity (Wildman–Crippen MR) is 68.2 cm³/mol. The Morgan fingerprint density at radius 3 is 2.94 bits per heavy atom. The van der Waals surface area contributed by atoms with Gasteiger partial charge in [0, 0.05) is 16.5 Å². The first kappa shape index (κ1) is 14.8. The van der Waals surface area contributed by atoms with Crippen LogP contribution in [0.4, 0.5) is 4.39 Å². The lowest BCUT2D eigenvalue weighted by Gasteiger charge is -2.11. The van der Waals surface area contributed by atoms with E-state index >= 15 is 0 Å². The third kappa shape index (κ3) is 4.54. The molecule has 0 bridgehead atoms. The summed E-state index contributed by atoms with van der Waals surface area (Å²) in [5.41, 5.74) is 0.594. The third-order valence-corrected chi connectivity index (χ3v) is 3.57. The van der Waals surface area contributed by atoms with Crippen molar-refractivity contribution in [3.8, 4) is 0 Å². The molecule has 0 aliphatic heterocycles. The van der Waals surface area contributed by atoms with E-state index in [4.69, 9.17) is 16.7 Å². The molecule has 1 rings (SSSR count). The van der Waals surface area contributed by atoms with E-state index in [0.717, 1.165) is 0 Å². The number of halogens is 2. The number of carboxylic acids is 1. The SMILES string of the molecule is O=CNC(CSCc1cc(F)ccc1Cl)C(=O)O. The highest BCUT2D eigenvalue weighted by Gasteiger charge is 2.16. The van der Waals surface area contributed by atoms with Crippen molar-refractivity contribution in [1.82, 2.24) is 5.32 Å². The Labute approximate surface area is 113 Å². The second-order valence-electron chi connectivity index (χ2n) is 3.43. The highest BCUT2D eigenvalue weighted by molar-refractivity contribution is 7.98. The quantitative estimate of drug-likeness (QED) is 0.753. The maximum atomic E-state index is 13.0. The van der Waals surface area contributed by atoms with Gasteiger partial charge in [-0.15, -0.1) is 0 Å². The fraction of sp³-hybridized carbons (Fsp3) is 0.273. The molecule has 0 saturated carbocycles. The number of aliphatic carboxylic acids is 1.